The monoisotopic (exact) mass is 234 g/mol. The molecule has 96 valence electrons. The summed E-state index contributed by atoms with van der Waals surface area (Å²) in [5, 5.41) is 0. The van der Waals surface area contributed by atoms with Gasteiger partial charge in [-0.2, -0.15) is 0 Å². The first-order valence-electron chi connectivity index (χ1n) is 7.08. The average Bonchev–Trinajstić information content (AvgIpc) is 2.12. The van der Waals surface area contributed by atoms with Gasteiger partial charge in [0.15, 0.2) is 0 Å². The molecule has 0 amide bonds. The van der Waals surface area contributed by atoms with E-state index in [4.69, 9.17) is 5.84 Å². The SMILES string of the molecule is C=C(C)C(NN)C12CC3CC(CC(C)(C3)C1)C2. The van der Waals surface area contributed by atoms with Crippen molar-refractivity contribution < 1.29 is 0 Å². The van der Waals surface area contributed by atoms with E-state index in [1.807, 2.05) is 0 Å². The molecule has 3 unspecified atom stereocenters. The van der Waals surface area contributed by atoms with Gasteiger partial charge in [-0.3, -0.25) is 11.3 Å². The third-order valence-electron chi connectivity index (χ3n) is 5.67. The molecule has 17 heavy (non-hydrogen) atoms. The van der Waals surface area contributed by atoms with Crippen LogP contribution in [0.25, 0.3) is 0 Å². The minimum Gasteiger partial charge on any atom is -0.271 e. The Kier molecular flexibility index (Phi) is 2.47. The Morgan fingerprint density at radius 3 is 2.29 bits per heavy atom. The first kappa shape index (κ1) is 11.7. The summed E-state index contributed by atoms with van der Waals surface area (Å²) in [4.78, 5) is 0. The molecule has 0 heterocycles. The number of hydrogen-bond donors (Lipinski definition) is 2. The van der Waals surface area contributed by atoms with Crippen LogP contribution in [0.4, 0.5) is 0 Å². The van der Waals surface area contributed by atoms with Crippen LogP contribution in [0.5, 0.6) is 0 Å². The smallest absolute Gasteiger partial charge is 0.0471 e. The second-order valence-corrected chi connectivity index (χ2v) is 7.58. The zero-order chi connectivity index (χ0) is 12.3. The summed E-state index contributed by atoms with van der Waals surface area (Å²) >= 11 is 0. The summed E-state index contributed by atoms with van der Waals surface area (Å²) in [6, 6.07) is 0.327. The lowest BCUT2D eigenvalue weighted by atomic mass is 9.43. The molecular weight excluding hydrogens is 208 g/mol. The van der Waals surface area contributed by atoms with E-state index in [0.29, 0.717) is 16.9 Å². The molecule has 0 spiro atoms. The number of rotatable bonds is 3. The van der Waals surface area contributed by atoms with Crippen LogP contribution in [0.2, 0.25) is 0 Å². The highest BCUT2D eigenvalue weighted by Crippen LogP contribution is 2.66. The summed E-state index contributed by atoms with van der Waals surface area (Å²) < 4.78 is 0. The minimum absolute atomic E-state index is 0.327. The van der Waals surface area contributed by atoms with Crippen LogP contribution >= 0.6 is 0 Å². The van der Waals surface area contributed by atoms with Gasteiger partial charge in [0, 0.05) is 6.04 Å². The van der Waals surface area contributed by atoms with Crippen molar-refractivity contribution in [3.63, 3.8) is 0 Å². The lowest BCUT2D eigenvalue weighted by Gasteiger charge is -2.63. The topological polar surface area (TPSA) is 38.0 Å². The predicted molar refractivity (Wildman–Crippen MR) is 71.1 cm³/mol. The Hall–Kier alpha value is -0.340. The Morgan fingerprint density at radius 1 is 1.29 bits per heavy atom. The number of hydrazine groups is 1. The van der Waals surface area contributed by atoms with Gasteiger partial charge in [0.2, 0.25) is 0 Å². The van der Waals surface area contributed by atoms with Gasteiger partial charge in [-0.25, -0.2) is 0 Å². The van der Waals surface area contributed by atoms with Crippen molar-refractivity contribution in [3.8, 4) is 0 Å². The van der Waals surface area contributed by atoms with Crippen molar-refractivity contribution in [3.05, 3.63) is 12.2 Å². The largest absolute Gasteiger partial charge is 0.271 e. The summed E-state index contributed by atoms with van der Waals surface area (Å²) in [6.07, 6.45) is 8.50. The first-order chi connectivity index (χ1) is 7.96. The highest BCUT2D eigenvalue weighted by Gasteiger charge is 2.58. The van der Waals surface area contributed by atoms with Crippen LogP contribution < -0.4 is 11.3 Å². The number of hydrogen-bond acceptors (Lipinski definition) is 2. The van der Waals surface area contributed by atoms with E-state index < -0.39 is 0 Å². The third-order valence-corrected chi connectivity index (χ3v) is 5.67. The molecule has 4 bridgehead atoms. The van der Waals surface area contributed by atoms with Crippen LogP contribution in [0.3, 0.4) is 0 Å². The molecule has 0 aromatic rings. The highest BCUT2D eigenvalue weighted by atomic mass is 15.2. The molecule has 3 atom stereocenters. The molecule has 3 N–H and O–H groups in total. The lowest BCUT2D eigenvalue weighted by molar-refractivity contribution is -0.112. The third kappa shape index (κ3) is 1.68. The van der Waals surface area contributed by atoms with Crippen molar-refractivity contribution in [1.29, 1.82) is 0 Å². The molecule has 4 aliphatic rings. The van der Waals surface area contributed by atoms with Gasteiger partial charge >= 0.3 is 0 Å². The molecule has 2 nitrogen and oxygen atoms in total. The second-order valence-electron chi connectivity index (χ2n) is 7.58. The van der Waals surface area contributed by atoms with E-state index in [1.165, 1.54) is 44.1 Å². The normalized spacial score (nSPS) is 49.4. The molecular formula is C15H26N2. The molecule has 0 aromatic heterocycles. The first-order valence-corrected chi connectivity index (χ1v) is 7.08. The van der Waals surface area contributed by atoms with Crippen molar-refractivity contribution in [2.24, 2.45) is 28.5 Å². The maximum absolute atomic E-state index is 5.83. The molecule has 4 rings (SSSR count). The van der Waals surface area contributed by atoms with Crippen LogP contribution in [-0.4, -0.2) is 6.04 Å². The van der Waals surface area contributed by atoms with Crippen molar-refractivity contribution >= 4 is 0 Å². The van der Waals surface area contributed by atoms with Gasteiger partial charge < -0.3 is 0 Å². The summed E-state index contributed by atoms with van der Waals surface area (Å²) in [5.74, 6) is 7.74. The highest BCUT2D eigenvalue weighted by molar-refractivity contribution is 5.17. The molecule has 0 saturated heterocycles. The number of nitrogens with two attached hydrogens (primary N) is 1. The fourth-order valence-electron chi connectivity index (χ4n) is 5.98. The molecule has 0 aromatic carbocycles. The molecule has 4 aliphatic carbocycles. The summed E-state index contributed by atoms with van der Waals surface area (Å²) in [5.41, 5.74) is 5.30. The van der Waals surface area contributed by atoms with Crippen molar-refractivity contribution in [2.75, 3.05) is 0 Å². The Bertz CT molecular complexity index is 333. The second kappa shape index (κ2) is 3.58. The maximum atomic E-state index is 5.83. The zero-order valence-corrected chi connectivity index (χ0v) is 11.3. The van der Waals surface area contributed by atoms with Gasteiger partial charge in [0.05, 0.1) is 0 Å². The van der Waals surface area contributed by atoms with E-state index >= 15 is 0 Å². The van der Waals surface area contributed by atoms with E-state index in [9.17, 15) is 0 Å². The van der Waals surface area contributed by atoms with E-state index in [2.05, 4.69) is 25.9 Å². The van der Waals surface area contributed by atoms with Crippen LogP contribution in [0.1, 0.15) is 52.4 Å². The lowest BCUT2D eigenvalue weighted by Crippen LogP contribution is -2.60. The molecule has 0 aliphatic heterocycles. The quantitative estimate of drug-likeness (QED) is 0.447. The van der Waals surface area contributed by atoms with Crippen molar-refractivity contribution in [2.45, 2.75) is 58.4 Å². The molecule has 4 saturated carbocycles. The Morgan fingerprint density at radius 2 is 1.88 bits per heavy atom. The van der Waals surface area contributed by atoms with Gasteiger partial charge in [0.1, 0.15) is 0 Å². The molecule has 2 heteroatoms. The maximum Gasteiger partial charge on any atom is 0.0471 e. The van der Waals surface area contributed by atoms with Crippen LogP contribution in [0.15, 0.2) is 12.2 Å². The average molecular weight is 234 g/mol. The van der Waals surface area contributed by atoms with Crippen LogP contribution in [-0.2, 0) is 0 Å². The van der Waals surface area contributed by atoms with Gasteiger partial charge in [-0.1, -0.05) is 19.1 Å². The van der Waals surface area contributed by atoms with E-state index in [1.54, 1.807) is 0 Å². The Balaban J connectivity index is 1.95. The Labute approximate surface area is 105 Å². The standard InChI is InChI=1S/C15H26N2/c1-10(2)13(17-16)15-7-11-4-12(8-15)6-14(3,5-11)9-15/h11-13,17H,1,4-9,16H2,2-3H3. The van der Waals surface area contributed by atoms with Crippen molar-refractivity contribution in [1.82, 2.24) is 5.43 Å². The fourth-order valence-corrected chi connectivity index (χ4v) is 5.98. The fraction of sp³-hybridized carbons (Fsp3) is 0.867. The molecule has 0 radical (unpaired) electrons. The number of nitrogens with one attached hydrogen (secondary N) is 1. The van der Waals surface area contributed by atoms with E-state index in [0.717, 1.165) is 11.8 Å². The summed E-state index contributed by atoms with van der Waals surface area (Å²) in [7, 11) is 0. The minimum atomic E-state index is 0.327. The molecule has 4 fully saturated rings. The predicted octanol–water partition coefficient (Wildman–Crippen LogP) is 3.00. The van der Waals surface area contributed by atoms with Gasteiger partial charge in [0.25, 0.3) is 0 Å². The van der Waals surface area contributed by atoms with E-state index in [-0.39, 0.29) is 0 Å². The van der Waals surface area contributed by atoms with Crippen LogP contribution in [0, 0.1) is 22.7 Å². The van der Waals surface area contributed by atoms with Gasteiger partial charge in [-0.05, 0) is 68.1 Å². The zero-order valence-electron chi connectivity index (χ0n) is 11.3. The van der Waals surface area contributed by atoms with Gasteiger partial charge in [-0.15, -0.1) is 0 Å². The summed E-state index contributed by atoms with van der Waals surface area (Å²) in [6.45, 7) is 8.80.